The Morgan fingerprint density at radius 2 is 2.05 bits per heavy atom. The molecule has 1 aromatic rings. The van der Waals surface area contributed by atoms with Crippen LogP contribution in [0.15, 0.2) is 24.3 Å². The Morgan fingerprint density at radius 3 is 2.67 bits per heavy atom. The van der Waals surface area contributed by atoms with Crippen molar-refractivity contribution in [2.24, 2.45) is 5.92 Å². The van der Waals surface area contributed by atoms with Crippen LogP contribution in [0, 0.1) is 5.92 Å². The smallest absolute Gasteiger partial charge is 0.250 e. The van der Waals surface area contributed by atoms with Crippen molar-refractivity contribution in [3.05, 3.63) is 24.3 Å². The zero-order chi connectivity index (χ0) is 15.6. The van der Waals surface area contributed by atoms with Crippen LogP contribution < -0.4 is 15.1 Å². The van der Waals surface area contributed by atoms with Crippen molar-refractivity contribution in [1.29, 1.82) is 0 Å². The van der Waals surface area contributed by atoms with Crippen LogP contribution in [0.2, 0.25) is 0 Å². The second kappa shape index (κ2) is 6.16. The maximum atomic E-state index is 12.6. The molecule has 2 rings (SSSR count). The summed E-state index contributed by atoms with van der Waals surface area (Å²) in [5.74, 6) is 0.224. The molecule has 114 valence electrons. The molecule has 1 N–H and O–H groups in total. The molecule has 2 amide bonds. The SMILES string of the molecule is CC(C)CC1NC(=O)CN(c2cccc(N(C)C)c2)C1=O. The molecule has 0 aliphatic carbocycles. The summed E-state index contributed by atoms with van der Waals surface area (Å²) >= 11 is 0. The van der Waals surface area contributed by atoms with Gasteiger partial charge in [0.1, 0.15) is 12.6 Å². The normalized spacial score (nSPS) is 18.9. The van der Waals surface area contributed by atoms with Gasteiger partial charge in [0.15, 0.2) is 0 Å². The van der Waals surface area contributed by atoms with Crippen molar-refractivity contribution in [3.8, 4) is 0 Å². The second-order valence-corrected chi connectivity index (χ2v) is 6.09. The highest BCUT2D eigenvalue weighted by molar-refractivity contribution is 6.06. The number of carbonyl (C=O) groups is 2. The van der Waals surface area contributed by atoms with Gasteiger partial charge in [-0.15, -0.1) is 0 Å². The highest BCUT2D eigenvalue weighted by atomic mass is 16.2. The molecule has 1 aliphatic heterocycles. The minimum absolute atomic E-state index is 0.0285. The molecule has 0 bridgehead atoms. The predicted octanol–water partition coefficient (Wildman–Crippen LogP) is 1.63. The Morgan fingerprint density at radius 1 is 1.33 bits per heavy atom. The van der Waals surface area contributed by atoms with E-state index in [2.05, 4.69) is 5.32 Å². The summed E-state index contributed by atoms with van der Waals surface area (Å²) in [6.45, 7) is 4.18. The van der Waals surface area contributed by atoms with Crippen LogP contribution in [0.3, 0.4) is 0 Å². The second-order valence-electron chi connectivity index (χ2n) is 6.09. The number of nitrogens with one attached hydrogen (secondary N) is 1. The Kier molecular flexibility index (Phi) is 4.50. The summed E-state index contributed by atoms with van der Waals surface area (Å²) in [5.41, 5.74) is 1.78. The molecule has 21 heavy (non-hydrogen) atoms. The van der Waals surface area contributed by atoms with E-state index in [1.165, 1.54) is 0 Å². The first-order chi connectivity index (χ1) is 9.88. The van der Waals surface area contributed by atoms with E-state index < -0.39 is 6.04 Å². The van der Waals surface area contributed by atoms with Crippen LogP contribution >= 0.6 is 0 Å². The maximum Gasteiger partial charge on any atom is 0.250 e. The fraction of sp³-hybridized carbons (Fsp3) is 0.500. The molecular formula is C16H23N3O2. The zero-order valence-corrected chi connectivity index (χ0v) is 13.1. The molecule has 1 fully saturated rings. The number of carbonyl (C=O) groups excluding carboxylic acids is 2. The van der Waals surface area contributed by atoms with Gasteiger partial charge in [0.25, 0.3) is 0 Å². The molecule has 1 saturated heterocycles. The first-order valence-corrected chi connectivity index (χ1v) is 7.26. The third kappa shape index (κ3) is 3.54. The lowest BCUT2D eigenvalue weighted by molar-refractivity contribution is -0.131. The van der Waals surface area contributed by atoms with Crippen LogP contribution in [0.5, 0.6) is 0 Å². The molecule has 1 aromatic carbocycles. The van der Waals surface area contributed by atoms with E-state index in [1.807, 2.05) is 57.1 Å². The van der Waals surface area contributed by atoms with Gasteiger partial charge < -0.3 is 15.1 Å². The molecule has 0 saturated carbocycles. The number of hydrogen-bond acceptors (Lipinski definition) is 3. The molecule has 0 spiro atoms. The van der Waals surface area contributed by atoms with Crippen molar-refractivity contribution in [2.45, 2.75) is 26.3 Å². The zero-order valence-electron chi connectivity index (χ0n) is 13.1. The minimum atomic E-state index is -0.422. The maximum absolute atomic E-state index is 12.6. The van der Waals surface area contributed by atoms with Crippen molar-refractivity contribution >= 4 is 23.2 Å². The van der Waals surface area contributed by atoms with Crippen LogP contribution in [-0.2, 0) is 9.59 Å². The van der Waals surface area contributed by atoms with Gasteiger partial charge >= 0.3 is 0 Å². The minimum Gasteiger partial charge on any atom is -0.378 e. The van der Waals surface area contributed by atoms with E-state index in [0.717, 1.165) is 11.4 Å². The highest BCUT2D eigenvalue weighted by Crippen LogP contribution is 2.24. The van der Waals surface area contributed by atoms with E-state index in [9.17, 15) is 9.59 Å². The quantitative estimate of drug-likeness (QED) is 0.916. The third-order valence-corrected chi connectivity index (χ3v) is 3.57. The summed E-state index contributed by atoms with van der Waals surface area (Å²) in [6, 6.07) is 7.26. The van der Waals surface area contributed by atoms with E-state index in [1.54, 1.807) is 4.90 Å². The van der Waals surface area contributed by atoms with Gasteiger partial charge in [0, 0.05) is 25.5 Å². The van der Waals surface area contributed by atoms with Crippen molar-refractivity contribution in [2.75, 3.05) is 30.4 Å². The van der Waals surface area contributed by atoms with Crippen molar-refractivity contribution < 1.29 is 9.59 Å². The van der Waals surface area contributed by atoms with Gasteiger partial charge in [-0.2, -0.15) is 0 Å². The van der Waals surface area contributed by atoms with Crippen LogP contribution in [-0.4, -0.2) is 38.5 Å². The first-order valence-electron chi connectivity index (χ1n) is 7.26. The summed E-state index contributed by atoms with van der Waals surface area (Å²) in [7, 11) is 3.90. The predicted molar refractivity (Wildman–Crippen MR) is 84.5 cm³/mol. The fourth-order valence-electron chi connectivity index (χ4n) is 2.50. The topological polar surface area (TPSA) is 52.7 Å². The standard InChI is InChI=1S/C16H23N3O2/c1-11(2)8-14-16(21)19(10-15(20)17-14)13-7-5-6-12(9-13)18(3)4/h5-7,9,11,14H,8,10H2,1-4H3,(H,17,20). The number of nitrogens with zero attached hydrogens (tertiary/aromatic N) is 2. The van der Waals surface area contributed by atoms with Crippen LogP contribution in [0.25, 0.3) is 0 Å². The molecule has 0 aromatic heterocycles. The van der Waals surface area contributed by atoms with E-state index in [0.29, 0.717) is 12.3 Å². The fourth-order valence-corrected chi connectivity index (χ4v) is 2.50. The van der Waals surface area contributed by atoms with Crippen molar-refractivity contribution in [1.82, 2.24) is 5.32 Å². The molecule has 0 radical (unpaired) electrons. The Labute approximate surface area is 125 Å². The average molecular weight is 289 g/mol. The van der Waals surface area contributed by atoms with Gasteiger partial charge in [0.2, 0.25) is 11.8 Å². The highest BCUT2D eigenvalue weighted by Gasteiger charge is 2.33. The summed E-state index contributed by atoms with van der Waals surface area (Å²) in [5, 5.41) is 2.79. The van der Waals surface area contributed by atoms with Gasteiger partial charge in [0.05, 0.1) is 0 Å². The van der Waals surface area contributed by atoms with E-state index >= 15 is 0 Å². The summed E-state index contributed by atoms with van der Waals surface area (Å²) in [6.07, 6.45) is 0.661. The molecule has 1 atom stereocenters. The molecule has 1 aliphatic rings. The van der Waals surface area contributed by atoms with Gasteiger partial charge in [-0.1, -0.05) is 19.9 Å². The number of anilines is 2. The third-order valence-electron chi connectivity index (χ3n) is 3.57. The Bertz CT molecular complexity index is 540. The lowest BCUT2D eigenvalue weighted by Crippen LogP contribution is -2.58. The van der Waals surface area contributed by atoms with Gasteiger partial charge in [-0.05, 0) is 30.5 Å². The lowest BCUT2D eigenvalue weighted by atomic mass is 10.0. The Balaban J connectivity index is 2.27. The summed E-state index contributed by atoms with van der Waals surface area (Å²) in [4.78, 5) is 28.0. The Hall–Kier alpha value is -2.04. The number of amides is 2. The summed E-state index contributed by atoms with van der Waals surface area (Å²) < 4.78 is 0. The van der Waals surface area contributed by atoms with Gasteiger partial charge in [-0.3, -0.25) is 9.59 Å². The molecule has 1 heterocycles. The largest absolute Gasteiger partial charge is 0.378 e. The van der Waals surface area contributed by atoms with E-state index in [4.69, 9.17) is 0 Å². The number of hydrogen-bond donors (Lipinski definition) is 1. The van der Waals surface area contributed by atoms with Crippen molar-refractivity contribution in [3.63, 3.8) is 0 Å². The number of rotatable bonds is 4. The molecule has 5 heteroatoms. The van der Waals surface area contributed by atoms with Crippen LogP contribution in [0.1, 0.15) is 20.3 Å². The van der Waals surface area contributed by atoms with Gasteiger partial charge in [-0.25, -0.2) is 0 Å². The molecule has 1 unspecified atom stereocenters. The van der Waals surface area contributed by atoms with E-state index in [-0.39, 0.29) is 18.4 Å². The molecule has 5 nitrogen and oxygen atoms in total. The molecular weight excluding hydrogens is 266 g/mol. The number of benzene rings is 1. The average Bonchev–Trinajstić information content (AvgIpc) is 2.42. The monoisotopic (exact) mass is 289 g/mol. The number of piperazine rings is 1. The lowest BCUT2D eigenvalue weighted by Gasteiger charge is -2.33. The van der Waals surface area contributed by atoms with Crippen LogP contribution in [0.4, 0.5) is 11.4 Å². The first kappa shape index (κ1) is 15.4.